The van der Waals surface area contributed by atoms with Gasteiger partial charge in [-0.25, -0.2) is 0 Å². The van der Waals surface area contributed by atoms with Crippen molar-refractivity contribution in [3.8, 4) is 0 Å². The lowest BCUT2D eigenvalue weighted by atomic mass is 9.98. The van der Waals surface area contributed by atoms with Gasteiger partial charge in [-0.1, -0.05) is 42.5 Å². The highest BCUT2D eigenvalue weighted by molar-refractivity contribution is 5.97. The number of allylic oxidation sites excluding steroid dienone is 2. The van der Waals surface area contributed by atoms with E-state index in [2.05, 4.69) is 55.8 Å². The van der Waals surface area contributed by atoms with Crippen LogP contribution in [0, 0.1) is 6.42 Å². The fourth-order valence-electron chi connectivity index (χ4n) is 2.17. The Morgan fingerprint density at radius 2 is 1.79 bits per heavy atom. The van der Waals surface area contributed by atoms with Crippen LogP contribution in [0.5, 0.6) is 0 Å². The molecule has 1 radical (unpaired) electrons. The molecule has 0 aromatic heterocycles. The van der Waals surface area contributed by atoms with Crippen LogP contribution in [0.15, 0.2) is 42.5 Å². The molecular formula is C14H11. The lowest BCUT2D eigenvalue weighted by Crippen LogP contribution is -1.84. The van der Waals surface area contributed by atoms with Crippen molar-refractivity contribution in [3.63, 3.8) is 0 Å². The molecule has 2 aromatic carbocycles. The summed E-state index contributed by atoms with van der Waals surface area (Å²) in [7, 11) is 0. The molecule has 0 fully saturated rings. The van der Waals surface area contributed by atoms with Gasteiger partial charge in [-0.2, -0.15) is 0 Å². The molecule has 3 rings (SSSR count). The molecule has 0 atom stereocenters. The fourth-order valence-corrected chi connectivity index (χ4v) is 2.17. The topological polar surface area (TPSA) is 0 Å². The summed E-state index contributed by atoms with van der Waals surface area (Å²) in [4.78, 5) is 0. The molecule has 0 saturated heterocycles. The SMILES string of the molecule is CC1=C[CH]c2ccc3ccccc3c21. The Morgan fingerprint density at radius 3 is 2.71 bits per heavy atom. The third-order valence-corrected chi connectivity index (χ3v) is 2.87. The summed E-state index contributed by atoms with van der Waals surface area (Å²) in [5.74, 6) is 0. The Balaban J connectivity index is 2.47. The molecule has 0 heteroatoms. The van der Waals surface area contributed by atoms with Crippen molar-refractivity contribution >= 4 is 16.3 Å². The van der Waals surface area contributed by atoms with Gasteiger partial charge in [0.2, 0.25) is 0 Å². The Labute approximate surface area is 83.9 Å². The number of hydrogen-bond acceptors (Lipinski definition) is 0. The zero-order valence-corrected chi connectivity index (χ0v) is 8.12. The Hall–Kier alpha value is -1.56. The normalized spacial score (nSPS) is 14.2. The van der Waals surface area contributed by atoms with Crippen molar-refractivity contribution in [2.75, 3.05) is 0 Å². The molecule has 14 heavy (non-hydrogen) atoms. The van der Waals surface area contributed by atoms with E-state index in [9.17, 15) is 0 Å². The van der Waals surface area contributed by atoms with Gasteiger partial charge in [-0.15, -0.1) is 0 Å². The van der Waals surface area contributed by atoms with Crippen LogP contribution < -0.4 is 0 Å². The third kappa shape index (κ3) is 0.941. The van der Waals surface area contributed by atoms with Crippen LogP contribution in [0.1, 0.15) is 18.1 Å². The second kappa shape index (κ2) is 2.71. The fraction of sp³-hybridized carbons (Fsp3) is 0.0714. The molecule has 0 spiro atoms. The maximum absolute atomic E-state index is 2.20. The van der Waals surface area contributed by atoms with Crippen molar-refractivity contribution in [2.24, 2.45) is 0 Å². The van der Waals surface area contributed by atoms with E-state index in [0.717, 1.165) is 0 Å². The van der Waals surface area contributed by atoms with E-state index in [-0.39, 0.29) is 0 Å². The van der Waals surface area contributed by atoms with Crippen molar-refractivity contribution in [1.82, 2.24) is 0 Å². The number of hydrogen-bond donors (Lipinski definition) is 0. The first-order valence-electron chi connectivity index (χ1n) is 4.90. The monoisotopic (exact) mass is 179 g/mol. The number of rotatable bonds is 0. The van der Waals surface area contributed by atoms with E-state index in [0.29, 0.717) is 0 Å². The zero-order chi connectivity index (χ0) is 9.54. The average Bonchev–Trinajstić information content (AvgIpc) is 2.61. The van der Waals surface area contributed by atoms with E-state index in [1.165, 1.54) is 27.5 Å². The summed E-state index contributed by atoms with van der Waals surface area (Å²) in [5, 5.41) is 2.70. The van der Waals surface area contributed by atoms with Gasteiger partial charge in [0, 0.05) is 6.42 Å². The van der Waals surface area contributed by atoms with Gasteiger partial charge in [-0.3, -0.25) is 0 Å². The molecule has 0 nitrogen and oxygen atoms in total. The van der Waals surface area contributed by atoms with Gasteiger partial charge < -0.3 is 0 Å². The van der Waals surface area contributed by atoms with Crippen molar-refractivity contribution in [2.45, 2.75) is 6.92 Å². The molecule has 0 amide bonds. The summed E-state index contributed by atoms with van der Waals surface area (Å²) in [6.07, 6.45) is 4.38. The van der Waals surface area contributed by atoms with Crippen molar-refractivity contribution in [1.29, 1.82) is 0 Å². The molecule has 2 aromatic rings. The van der Waals surface area contributed by atoms with Crippen LogP contribution in [-0.4, -0.2) is 0 Å². The van der Waals surface area contributed by atoms with E-state index in [1.54, 1.807) is 0 Å². The maximum Gasteiger partial charge on any atom is 0.0134 e. The highest BCUT2D eigenvalue weighted by Gasteiger charge is 2.13. The van der Waals surface area contributed by atoms with Crippen LogP contribution >= 0.6 is 0 Å². The highest BCUT2D eigenvalue weighted by atomic mass is 14.2. The lowest BCUT2D eigenvalue weighted by Gasteiger charge is -2.06. The lowest BCUT2D eigenvalue weighted by molar-refractivity contribution is 1.57. The second-order valence-corrected chi connectivity index (χ2v) is 3.77. The Morgan fingerprint density at radius 1 is 0.929 bits per heavy atom. The minimum absolute atomic E-state index is 1.33. The van der Waals surface area contributed by atoms with E-state index >= 15 is 0 Å². The van der Waals surface area contributed by atoms with Gasteiger partial charge in [0.25, 0.3) is 0 Å². The molecule has 1 aliphatic carbocycles. The zero-order valence-electron chi connectivity index (χ0n) is 8.12. The molecule has 67 valence electrons. The summed E-state index contributed by atoms with van der Waals surface area (Å²) >= 11 is 0. The van der Waals surface area contributed by atoms with Gasteiger partial charge in [-0.05, 0) is 34.4 Å². The summed E-state index contributed by atoms with van der Waals surface area (Å²) in [6, 6.07) is 13.0. The predicted octanol–water partition coefficient (Wildman–Crippen LogP) is 3.81. The van der Waals surface area contributed by atoms with Crippen LogP contribution in [-0.2, 0) is 0 Å². The standard InChI is InChI=1S/C14H11/c1-10-6-7-12-9-8-11-4-2-3-5-13(11)14(10)12/h2-9H,1H3. The first-order valence-corrected chi connectivity index (χ1v) is 4.90. The van der Waals surface area contributed by atoms with Crippen LogP contribution in [0.25, 0.3) is 16.3 Å². The summed E-state index contributed by atoms with van der Waals surface area (Å²) in [6.45, 7) is 2.18. The molecule has 0 unspecified atom stereocenters. The first-order chi connectivity index (χ1) is 6.86. The maximum atomic E-state index is 2.20. The van der Waals surface area contributed by atoms with Gasteiger partial charge >= 0.3 is 0 Å². The molecule has 0 N–H and O–H groups in total. The van der Waals surface area contributed by atoms with Crippen LogP contribution in [0.2, 0.25) is 0 Å². The Bertz CT molecular complexity index is 533. The molecule has 0 heterocycles. The smallest absolute Gasteiger partial charge is 0.0134 e. The summed E-state index contributed by atoms with van der Waals surface area (Å²) in [5.41, 5.74) is 4.13. The first kappa shape index (κ1) is 7.81. The quantitative estimate of drug-likeness (QED) is 0.577. The van der Waals surface area contributed by atoms with E-state index in [4.69, 9.17) is 0 Å². The minimum Gasteiger partial charge on any atom is -0.0725 e. The number of benzene rings is 2. The molecule has 0 aliphatic heterocycles. The average molecular weight is 179 g/mol. The van der Waals surface area contributed by atoms with E-state index in [1.807, 2.05) is 0 Å². The van der Waals surface area contributed by atoms with E-state index < -0.39 is 0 Å². The van der Waals surface area contributed by atoms with Gasteiger partial charge in [0.15, 0.2) is 0 Å². The van der Waals surface area contributed by atoms with Gasteiger partial charge in [0.1, 0.15) is 0 Å². The Kier molecular flexibility index (Phi) is 1.51. The molecule has 1 aliphatic rings. The summed E-state index contributed by atoms with van der Waals surface area (Å²) < 4.78 is 0. The molecule has 0 saturated carbocycles. The van der Waals surface area contributed by atoms with Crippen molar-refractivity contribution in [3.05, 3.63) is 60.0 Å². The van der Waals surface area contributed by atoms with Crippen LogP contribution in [0.4, 0.5) is 0 Å². The minimum atomic E-state index is 1.33. The largest absolute Gasteiger partial charge is 0.0725 e. The van der Waals surface area contributed by atoms with Crippen molar-refractivity contribution < 1.29 is 0 Å². The number of fused-ring (bicyclic) bond motifs is 3. The molecular weight excluding hydrogens is 168 g/mol. The third-order valence-electron chi connectivity index (χ3n) is 2.87. The van der Waals surface area contributed by atoms with Gasteiger partial charge in [0.05, 0.1) is 0 Å². The molecule has 0 bridgehead atoms. The van der Waals surface area contributed by atoms with Crippen LogP contribution in [0.3, 0.4) is 0 Å². The second-order valence-electron chi connectivity index (χ2n) is 3.77. The predicted molar refractivity (Wildman–Crippen MR) is 61.0 cm³/mol. The highest BCUT2D eigenvalue weighted by Crippen LogP contribution is 2.34.